The lowest BCUT2D eigenvalue weighted by molar-refractivity contribution is 0.613. The Labute approximate surface area is 188 Å². The molecule has 0 aliphatic carbocycles. The number of nitrogens with zero attached hydrogens (tertiary/aromatic N) is 2. The van der Waals surface area contributed by atoms with Crippen LogP contribution in [0.4, 0.5) is 0 Å². The van der Waals surface area contributed by atoms with Gasteiger partial charge in [-0.15, -0.1) is 0 Å². The van der Waals surface area contributed by atoms with Crippen molar-refractivity contribution in [3.63, 3.8) is 0 Å². The summed E-state index contributed by atoms with van der Waals surface area (Å²) < 4.78 is 0. The van der Waals surface area contributed by atoms with Crippen LogP contribution >= 0.6 is 0 Å². The number of fused-ring (bicyclic) bond motifs is 1. The fraction of sp³-hybridized carbons (Fsp3) is 0.308. The number of hydrogen-bond donors (Lipinski definition) is 4. The van der Waals surface area contributed by atoms with Gasteiger partial charge in [0.05, 0.1) is 29.0 Å². The average Bonchev–Trinajstić information content (AvgIpc) is 3.58. The monoisotopic (exact) mass is 424 g/mol. The van der Waals surface area contributed by atoms with Gasteiger partial charge >= 0.3 is 0 Å². The molecule has 0 radical (unpaired) electrons. The first kappa shape index (κ1) is 20.5. The SMILES string of the molecule is NCCCCc1nc2ccc(C#Cc3ccc(-c4cnc(C5CCCN5)[nH]4)cc3)cc2[nH]1. The van der Waals surface area contributed by atoms with E-state index in [1.165, 1.54) is 6.42 Å². The third-order valence-electron chi connectivity index (χ3n) is 5.93. The van der Waals surface area contributed by atoms with Crippen LogP contribution in [0.15, 0.2) is 48.7 Å². The highest BCUT2D eigenvalue weighted by Crippen LogP contribution is 2.24. The number of aromatic amines is 2. The van der Waals surface area contributed by atoms with Gasteiger partial charge in [0.15, 0.2) is 0 Å². The predicted molar refractivity (Wildman–Crippen MR) is 128 cm³/mol. The van der Waals surface area contributed by atoms with E-state index in [4.69, 9.17) is 5.73 Å². The molecule has 6 nitrogen and oxygen atoms in total. The lowest BCUT2D eigenvalue weighted by Gasteiger charge is -2.05. The quantitative estimate of drug-likeness (QED) is 0.277. The number of aryl methyl sites for hydroxylation is 1. The van der Waals surface area contributed by atoms with Crippen LogP contribution in [0.5, 0.6) is 0 Å². The van der Waals surface area contributed by atoms with Gasteiger partial charge in [0, 0.05) is 17.5 Å². The fourth-order valence-electron chi connectivity index (χ4n) is 4.15. The number of H-pyrrole nitrogens is 2. The minimum absolute atomic E-state index is 0.350. The Kier molecular flexibility index (Phi) is 6.02. The fourth-order valence-corrected chi connectivity index (χ4v) is 4.15. The van der Waals surface area contributed by atoms with Crippen molar-refractivity contribution in [1.82, 2.24) is 25.3 Å². The molecule has 0 saturated carbocycles. The van der Waals surface area contributed by atoms with Crippen molar-refractivity contribution in [2.45, 2.75) is 38.1 Å². The van der Waals surface area contributed by atoms with Gasteiger partial charge in [-0.3, -0.25) is 0 Å². The second-order valence-electron chi connectivity index (χ2n) is 8.32. The average molecular weight is 425 g/mol. The summed E-state index contributed by atoms with van der Waals surface area (Å²) in [5.74, 6) is 8.58. The van der Waals surface area contributed by atoms with Crippen molar-refractivity contribution in [2.24, 2.45) is 5.73 Å². The Morgan fingerprint density at radius 3 is 2.66 bits per heavy atom. The maximum atomic E-state index is 5.58. The molecule has 1 fully saturated rings. The number of rotatable bonds is 6. The number of imidazole rings is 2. The minimum Gasteiger partial charge on any atom is -0.342 e. The molecule has 1 aliphatic rings. The summed E-state index contributed by atoms with van der Waals surface area (Å²) >= 11 is 0. The molecule has 32 heavy (non-hydrogen) atoms. The zero-order chi connectivity index (χ0) is 21.8. The Hall–Kier alpha value is -3.40. The highest BCUT2D eigenvalue weighted by Gasteiger charge is 2.19. The molecule has 5 N–H and O–H groups in total. The molecule has 162 valence electrons. The second kappa shape index (κ2) is 9.39. The predicted octanol–water partition coefficient (Wildman–Crippen LogP) is 4.06. The van der Waals surface area contributed by atoms with E-state index in [1.807, 2.05) is 18.3 Å². The van der Waals surface area contributed by atoms with Gasteiger partial charge in [0.1, 0.15) is 11.6 Å². The molecular weight excluding hydrogens is 396 g/mol. The second-order valence-corrected chi connectivity index (χ2v) is 8.32. The van der Waals surface area contributed by atoms with Crippen LogP contribution in [0.25, 0.3) is 22.3 Å². The van der Waals surface area contributed by atoms with Crippen LogP contribution in [-0.4, -0.2) is 33.0 Å². The molecule has 1 aliphatic heterocycles. The first-order valence-electron chi connectivity index (χ1n) is 11.4. The summed E-state index contributed by atoms with van der Waals surface area (Å²) in [5.41, 5.74) is 11.7. The standard InChI is InChI=1S/C26H28N6/c27-14-2-1-5-25-30-21-13-10-19(16-23(21)31-25)7-6-18-8-11-20(12-9-18)24-17-29-26(32-24)22-4-3-15-28-22/h8-13,16-17,22,28H,1-5,14-15,27H2,(H,29,32)(H,30,31). The highest BCUT2D eigenvalue weighted by molar-refractivity contribution is 5.77. The van der Waals surface area contributed by atoms with Crippen LogP contribution in [0.3, 0.4) is 0 Å². The van der Waals surface area contributed by atoms with Crippen molar-refractivity contribution in [3.05, 3.63) is 71.4 Å². The Bertz CT molecular complexity index is 1250. The van der Waals surface area contributed by atoms with Crippen molar-refractivity contribution in [2.75, 3.05) is 13.1 Å². The number of nitrogens with one attached hydrogen (secondary N) is 3. The van der Waals surface area contributed by atoms with Crippen molar-refractivity contribution in [3.8, 4) is 23.1 Å². The lowest BCUT2D eigenvalue weighted by atomic mass is 10.1. The lowest BCUT2D eigenvalue weighted by Crippen LogP contribution is -2.14. The molecular formula is C26H28N6. The van der Waals surface area contributed by atoms with Gasteiger partial charge in [-0.05, 0) is 74.7 Å². The van der Waals surface area contributed by atoms with Gasteiger partial charge in [-0.25, -0.2) is 9.97 Å². The number of nitrogens with two attached hydrogens (primary N) is 1. The molecule has 1 unspecified atom stereocenters. The summed E-state index contributed by atoms with van der Waals surface area (Å²) in [6, 6.07) is 14.8. The van der Waals surface area contributed by atoms with Crippen LogP contribution in [0.1, 0.15) is 54.5 Å². The van der Waals surface area contributed by atoms with Crippen LogP contribution < -0.4 is 11.1 Å². The van der Waals surface area contributed by atoms with Crippen LogP contribution in [-0.2, 0) is 6.42 Å². The third-order valence-corrected chi connectivity index (χ3v) is 5.93. The first-order chi connectivity index (χ1) is 15.8. The first-order valence-corrected chi connectivity index (χ1v) is 11.4. The third kappa shape index (κ3) is 4.59. The van der Waals surface area contributed by atoms with Crippen LogP contribution in [0.2, 0.25) is 0 Å². The number of benzene rings is 2. The molecule has 0 spiro atoms. The van der Waals surface area contributed by atoms with Gasteiger partial charge in [0.2, 0.25) is 0 Å². The summed E-state index contributed by atoms with van der Waals surface area (Å²) in [6.07, 6.45) is 7.26. The molecule has 3 heterocycles. The molecule has 2 aromatic carbocycles. The summed E-state index contributed by atoms with van der Waals surface area (Å²) in [5, 5.41) is 3.48. The molecule has 1 atom stereocenters. The summed E-state index contributed by atoms with van der Waals surface area (Å²) in [4.78, 5) is 16.1. The van der Waals surface area contributed by atoms with E-state index in [2.05, 4.69) is 67.4 Å². The zero-order valence-corrected chi connectivity index (χ0v) is 18.1. The molecule has 5 rings (SSSR count). The maximum absolute atomic E-state index is 5.58. The molecule has 0 bridgehead atoms. The van der Waals surface area contributed by atoms with E-state index in [0.29, 0.717) is 6.04 Å². The topological polar surface area (TPSA) is 95.4 Å². The minimum atomic E-state index is 0.350. The highest BCUT2D eigenvalue weighted by atomic mass is 15.0. The van der Waals surface area contributed by atoms with E-state index in [0.717, 1.165) is 83.8 Å². The van der Waals surface area contributed by atoms with Gasteiger partial charge < -0.3 is 21.0 Å². The molecule has 1 saturated heterocycles. The summed E-state index contributed by atoms with van der Waals surface area (Å²) in [6.45, 7) is 1.79. The smallest absolute Gasteiger partial charge is 0.123 e. The van der Waals surface area contributed by atoms with E-state index < -0.39 is 0 Å². The number of unbranched alkanes of at least 4 members (excludes halogenated alkanes) is 1. The molecule has 6 heteroatoms. The maximum Gasteiger partial charge on any atom is 0.123 e. The number of hydrogen-bond acceptors (Lipinski definition) is 4. The summed E-state index contributed by atoms with van der Waals surface area (Å²) in [7, 11) is 0. The van der Waals surface area contributed by atoms with E-state index in [-0.39, 0.29) is 0 Å². The van der Waals surface area contributed by atoms with E-state index >= 15 is 0 Å². The van der Waals surface area contributed by atoms with Crippen molar-refractivity contribution < 1.29 is 0 Å². The molecule has 2 aromatic heterocycles. The normalized spacial score (nSPS) is 15.7. The van der Waals surface area contributed by atoms with Gasteiger partial charge in [0.25, 0.3) is 0 Å². The van der Waals surface area contributed by atoms with Crippen molar-refractivity contribution in [1.29, 1.82) is 0 Å². The number of aromatic nitrogens is 4. The molecule has 0 amide bonds. The Morgan fingerprint density at radius 2 is 1.84 bits per heavy atom. The van der Waals surface area contributed by atoms with Gasteiger partial charge in [-0.2, -0.15) is 0 Å². The Morgan fingerprint density at radius 1 is 1.00 bits per heavy atom. The van der Waals surface area contributed by atoms with Gasteiger partial charge in [-0.1, -0.05) is 24.0 Å². The Balaban J connectivity index is 1.27. The van der Waals surface area contributed by atoms with E-state index in [9.17, 15) is 0 Å². The van der Waals surface area contributed by atoms with Crippen LogP contribution in [0, 0.1) is 11.8 Å². The largest absolute Gasteiger partial charge is 0.342 e. The van der Waals surface area contributed by atoms with E-state index in [1.54, 1.807) is 0 Å². The zero-order valence-electron chi connectivity index (χ0n) is 18.1. The molecule has 4 aromatic rings. The van der Waals surface area contributed by atoms with Crippen molar-refractivity contribution >= 4 is 11.0 Å².